The standard InChI is InChI=1S/C21H39N3O5/c1-6-7-8-9-12-22-19(25)23(13-10-15-28-17(2)3)21(27)24(20(22)26)14-11-16-29-18(4)5/h17-18H,6-16H2,1-5H3. The molecule has 1 heterocycles. The zero-order valence-electron chi connectivity index (χ0n) is 18.8. The van der Waals surface area contributed by atoms with Crippen molar-refractivity contribution in [2.45, 2.75) is 105 Å². The van der Waals surface area contributed by atoms with Crippen molar-refractivity contribution < 1.29 is 9.47 Å². The van der Waals surface area contributed by atoms with E-state index >= 15 is 0 Å². The normalized spacial score (nSPS) is 11.7. The molecule has 29 heavy (non-hydrogen) atoms. The van der Waals surface area contributed by atoms with E-state index in [9.17, 15) is 14.4 Å². The Kier molecular flexibility index (Phi) is 11.8. The van der Waals surface area contributed by atoms with Crippen LogP contribution in [-0.4, -0.2) is 39.1 Å². The number of unbranched alkanes of at least 4 members (excludes halogenated alkanes) is 3. The first-order valence-corrected chi connectivity index (χ1v) is 11.0. The van der Waals surface area contributed by atoms with Gasteiger partial charge in [0.05, 0.1) is 12.2 Å². The van der Waals surface area contributed by atoms with Gasteiger partial charge in [0.1, 0.15) is 0 Å². The maximum Gasteiger partial charge on any atom is 0.336 e. The van der Waals surface area contributed by atoms with Crippen LogP contribution in [0.1, 0.15) is 73.1 Å². The van der Waals surface area contributed by atoms with Gasteiger partial charge in [-0.1, -0.05) is 26.2 Å². The molecule has 0 fully saturated rings. The average Bonchev–Trinajstić information content (AvgIpc) is 2.65. The van der Waals surface area contributed by atoms with Gasteiger partial charge in [0, 0.05) is 32.8 Å². The first-order chi connectivity index (χ1) is 13.8. The Morgan fingerprint density at radius 2 is 1.00 bits per heavy atom. The highest BCUT2D eigenvalue weighted by molar-refractivity contribution is 4.79. The Morgan fingerprint density at radius 1 is 0.621 bits per heavy atom. The molecule has 0 unspecified atom stereocenters. The maximum absolute atomic E-state index is 12.8. The van der Waals surface area contributed by atoms with Crippen LogP contribution in [0.3, 0.4) is 0 Å². The van der Waals surface area contributed by atoms with Crippen molar-refractivity contribution >= 4 is 0 Å². The molecular weight excluding hydrogens is 374 g/mol. The fourth-order valence-electron chi connectivity index (χ4n) is 3.04. The van der Waals surface area contributed by atoms with E-state index in [1.165, 1.54) is 13.7 Å². The predicted molar refractivity (Wildman–Crippen MR) is 115 cm³/mol. The van der Waals surface area contributed by atoms with E-state index in [-0.39, 0.29) is 25.3 Å². The molecule has 168 valence electrons. The van der Waals surface area contributed by atoms with E-state index in [2.05, 4.69) is 6.92 Å². The van der Waals surface area contributed by atoms with Crippen LogP contribution in [0.25, 0.3) is 0 Å². The van der Waals surface area contributed by atoms with Gasteiger partial charge in [-0.2, -0.15) is 0 Å². The van der Waals surface area contributed by atoms with Crippen LogP contribution in [0.4, 0.5) is 0 Å². The molecule has 0 bridgehead atoms. The van der Waals surface area contributed by atoms with Gasteiger partial charge in [0.2, 0.25) is 0 Å². The Bertz CT molecular complexity index is 707. The second-order valence-corrected chi connectivity index (χ2v) is 7.91. The highest BCUT2D eigenvalue weighted by atomic mass is 16.5. The van der Waals surface area contributed by atoms with Crippen LogP contribution in [0, 0.1) is 0 Å². The SMILES string of the molecule is CCCCCCn1c(=O)n(CCCOC(C)C)c(=O)n(CCCOC(C)C)c1=O. The van der Waals surface area contributed by atoms with Crippen molar-refractivity contribution in [3.05, 3.63) is 31.5 Å². The summed E-state index contributed by atoms with van der Waals surface area (Å²) in [7, 11) is 0. The van der Waals surface area contributed by atoms with Crippen molar-refractivity contribution in [2.75, 3.05) is 13.2 Å². The minimum atomic E-state index is -0.543. The number of hydrogen-bond acceptors (Lipinski definition) is 5. The minimum Gasteiger partial charge on any atom is -0.379 e. The Labute approximate surface area is 173 Å². The fourth-order valence-corrected chi connectivity index (χ4v) is 3.04. The quantitative estimate of drug-likeness (QED) is 0.412. The van der Waals surface area contributed by atoms with Crippen molar-refractivity contribution in [2.24, 2.45) is 0 Å². The van der Waals surface area contributed by atoms with Gasteiger partial charge in [-0.05, 0) is 47.0 Å². The first kappa shape index (κ1) is 25.4. The number of hydrogen-bond donors (Lipinski definition) is 0. The molecule has 0 N–H and O–H groups in total. The van der Waals surface area contributed by atoms with Crippen LogP contribution >= 0.6 is 0 Å². The van der Waals surface area contributed by atoms with Crippen molar-refractivity contribution in [1.82, 2.24) is 13.7 Å². The second-order valence-electron chi connectivity index (χ2n) is 7.91. The minimum absolute atomic E-state index is 0.0943. The Morgan fingerprint density at radius 3 is 1.34 bits per heavy atom. The summed E-state index contributed by atoms with van der Waals surface area (Å²) in [5, 5.41) is 0. The molecule has 8 heteroatoms. The molecule has 0 aliphatic heterocycles. The number of ether oxygens (including phenoxy) is 2. The van der Waals surface area contributed by atoms with Crippen LogP contribution in [0.15, 0.2) is 14.4 Å². The van der Waals surface area contributed by atoms with E-state index in [4.69, 9.17) is 9.47 Å². The molecule has 1 rings (SSSR count). The van der Waals surface area contributed by atoms with Gasteiger partial charge in [0.15, 0.2) is 0 Å². The molecule has 0 saturated carbocycles. The number of aromatic nitrogens is 3. The van der Waals surface area contributed by atoms with Crippen LogP contribution in [0.5, 0.6) is 0 Å². The molecule has 1 aromatic heterocycles. The van der Waals surface area contributed by atoms with Crippen molar-refractivity contribution in [3.8, 4) is 0 Å². The number of rotatable bonds is 15. The summed E-state index contributed by atoms with van der Waals surface area (Å²) in [5.74, 6) is 0. The molecule has 0 spiro atoms. The summed E-state index contributed by atoms with van der Waals surface area (Å²) in [5.41, 5.74) is -1.58. The topological polar surface area (TPSA) is 84.5 Å². The largest absolute Gasteiger partial charge is 0.379 e. The lowest BCUT2D eigenvalue weighted by atomic mass is 10.2. The Hall–Kier alpha value is -1.67. The molecule has 0 aliphatic rings. The molecule has 8 nitrogen and oxygen atoms in total. The van der Waals surface area contributed by atoms with Gasteiger partial charge in [-0.15, -0.1) is 0 Å². The van der Waals surface area contributed by atoms with E-state index in [1.54, 1.807) is 0 Å². The molecular formula is C21H39N3O5. The predicted octanol–water partition coefficient (Wildman–Crippen LogP) is 2.38. The van der Waals surface area contributed by atoms with E-state index in [0.717, 1.165) is 25.7 Å². The highest BCUT2D eigenvalue weighted by Gasteiger charge is 2.15. The lowest BCUT2D eigenvalue weighted by Gasteiger charge is -2.15. The lowest BCUT2D eigenvalue weighted by Crippen LogP contribution is -2.54. The van der Waals surface area contributed by atoms with Crippen molar-refractivity contribution in [1.29, 1.82) is 0 Å². The van der Waals surface area contributed by atoms with E-state index in [0.29, 0.717) is 32.6 Å². The summed E-state index contributed by atoms with van der Waals surface area (Å²) in [6, 6.07) is 0. The summed E-state index contributed by atoms with van der Waals surface area (Å²) in [4.78, 5) is 38.5. The molecule has 0 amide bonds. The molecule has 0 aliphatic carbocycles. The summed E-state index contributed by atoms with van der Waals surface area (Å²) < 4.78 is 14.6. The van der Waals surface area contributed by atoms with Gasteiger partial charge in [-0.25, -0.2) is 28.1 Å². The first-order valence-electron chi connectivity index (χ1n) is 11.0. The molecule has 0 atom stereocenters. The summed E-state index contributed by atoms with van der Waals surface area (Å²) in [6.07, 6.45) is 5.09. The molecule has 0 aromatic carbocycles. The van der Waals surface area contributed by atoms with Crippen LogP contribution < -0.4 is 17.1 Å². The average molecular weight is 414 g/mol. The highest BCUT2D eigenvalue weighted by Crippen LogP contribution is 1.99. The third-order valence-electron chi connectivity index (χ3n) is 4.58. The van der Waals surface area contributed by atoms with E-state index < -0.39 is 17.1 Å². The maximum atomic E-state index is 12.8. The molecule has 0 saturated heterocycles. The van der Waals surface area contributed by atoms with Gasteiger partial charge >= 0.3 is 17.1 Å². The summed E-state index contributed by atoms with van der Waals surface area (Å²) >= 11 is 0. The fraction of sp³-hybridized carbons (Fsp3) is 0.857. The molecule has 1 aromatic rings. The number of nitrogens with zero attached hydrogens (tertiary/aromatic N) is 3. The van der Waals surface area contributed by atoms with Crippen LogP contribution in [0.2, 0.25) is 0 Å². The zero-order chi connectivity index (χ0) is 21.8. The van der Waals surface area contributed by atoms with Gasteiger partial charge in [-0.3, -0.25) is 0 Å². The summed E-state index contributed by atoms with van der Waals surface area (Å²) in [6.45, 7) is 11.6. The van der Waals surface area contributed by atoms with Gasteiger partial charge in [0.25, 0.3) is 0 Å². The van der Waals surface area contributed by atoms with E-state index in [1.807, 2.05) is 27.7 Å². The Balaban J connectivity index is 3.07. The lowest BCUT2D eigenvalue weighted by molar-refractivity contribution is 0.0732. The van der Waals surface area contributed by atoms with Crippen molar-refractivity contribution in [3.63, 3.8) is 0 Å². The third kappa shape index (κ3) is 8.70. The molecule has 0 radical (unpaired) electrons. The van der Waals surface area contributed by atoms with Crippen LogP contribution in [-0.2, 0) is 29.1 Å². The third-order valence-corrected chi connectivity index (χ3v) is 4.58. The zero-order valence-corrected chi connectivity index (χ0v) is 18.8. The monoisotopic (exact) mass is 413 g/mol. The second kappa shape index (κ2) is 13.5. The smallest absolute Gasteiger partial charge is 0.336 e. The van der Waals surface area contributed by atoms with Gasteiger partial charge < -0.3 is 9.47 Å².